The summed E-state index contributed by atoms with van der Waals surface area (Å²) in [5, 5.41) is 0. The number of allylic oxidation sites excluding steroid dienone is 1. The number of hydrogen-bond donors (Lipinski definition) is 0. The molecule has 0 unspecified atom stereocenters. The number of carbonyl (C=O) groups is 1. The fraction of sp³-hybridized carbons (Fsp3) is 0.833. The molecule has 1 aliphatic rings. The predicted molar refractivity (Wildman–Crippen MR) is 90.0 cm³/mol. The average molecular weight is 311 g/mol. The van der Waals surface area contributed by atoms with Crippen LogP contribution in [-0.4, -0.2) is 42.9 Å². The van der Waals surface area contributed by atoms with Gasteiger partial charge in [-0.3, -0.25) is 0 Å². The fourth-order valence-corrected chi connectivity index (χ4v) is 2.39. The van der Waals surface area contributed by atoms with Crippen molar-refractivity contribution >= 4 is 6.09 Å². The Morgan fingerprint density at radius 3 is 2.50 bits per heavy atom. The SMILES string of the molecule is CCCCOCC/C=C\C1CCN(C(=O)OC(C)(C)C)CC1. The van der Waals surface area contributed by atoms with E-state index in [-0.39, 0.29) is 6.09 Å². The van der Waals surface area contributed by atoms with Crippen LogP contribution < -0.4 is 0 Å². The smallest absolute Gasteiger partial charge is 0.410 e. The maximum Gasteiger partial charge on any atom is 0.410 e. The van der Waals surface area contributed by atoms with E-state index in [1.165, 1.54) is 6.42 Å². The van der Waals surface area contributed by atoms with Crippen molar-refractivity contribution < 1.29 is 14.3 Å². The lowest BCUT2D eigenvalue weighted by Gasteiger charge is -2.32. The van der Waals surface area contributed by atoms with E-state index in [0.29, 0.717) is 5.92 Å². The van der Waals surface area contributed by atoms with Gasteiger partial charge in [0.1, 0.15) is 5.60 Å². The van der Waals surface area contributed by atoms with Gasteiger partial charge in [0.05, 0.1) is 6.61 Å². The maximum absolute atomic E-state index is 12.0. The standard InChI is InChI=1S/C18H33NO3/c1-5-6-14-21-15-8-7-9-16-10-12-19(13-11-16)17(20)22-18(2,3)4/h7,9,16H,5-6,8,10-15H2,1-4H3/b9-7-. The molecule has 1 amide bonds. The monoisotopic (exact) mass is 311 g/mol. The van der Waals surface area contributed by atoms with Gasteiger partial charge < -0.3 is 14.4 Å². The number of hydrogen-bond acceptors (Lipinski definition) is 3. The number of amides is 1. The molecule has 0 aromatic rings. The predicted octanol–water partition coefficient (Wildman–Crippen LogP) is 4.40. The minimum Gasteiger partial charge on any atom is -0.444 e. The van der Waals surface area contributed by atoms with E-state index >= 15 is 0 Å². The molecule has 4 nitrogen and oxygen atoms in total. The minimum atomic E-state index is -0.411. The number of carbonyl (C=O) groups excluding carboxylic acids is 1. The second kappa shape index (κ2) is 9.88. The van der Waals surface area contributed by atoms with Crippen molar-refractivity contribution in [1.82, 2.24) is 4.90 Å². The van der Waals surface area contributed by atoms with E-state index in [1.54, 1.807) is 0 Å². The van der Waals surface area contributed by atoms with Crippen LogP contribution in [0.1, 0.15) is 59.8 Å². The van der Waals surface area contributed by atoms with Gasteiger partial charge in [-0.2, -0.15) is 0 Å². The van der Waals surface area contributed by atoms with Crippen molar-refractivity contribution in [2.75, 3.05) is 26.3 Å². The quantitative estimate of drug-likeness (QED) is 0.517. The first-order valence-electron chi connectivity index (χ1n) is 8.64. The lowest BCUT2D eigenvalue weighted by molar-refractivity contribution is 0.0197. The van der Waals surface area contributed by atoms with Crippen LogP contribution in [-0.2, 0) is 9.47 Å². The first-order chi connectivity index (χ1) is 10.4. The highest BCUT2D eigenvalue weighted by Gasteiger charge is 2.25. The van der Waals surface area contributed by atoms with Crippen LogP contribution in [0.5, 0.6) is 0 Å². The molecule has 1 rings (SSSR count). The normalized spacial score (nSPS) is 17.2. The van der Waals surface area contributed by atoms with Crippen molar-refractivity contribution in [2.24, 2.45) is 5.92 Å². The number of rotatable bonds is 7. The van der Waals surface area contributed by atoms with Gasteiger partial charge in [-0.25, -0.2) is 4.79 Å². The second-order valence-electron chi connectivity index (χ2n) is 6.99. The number of piperidine rings is 1. The lowest BCUT2D eigenvalue weighted by Crippen LogP contribution is -2.41. The van der Waals surface area contributed by atoms with Gasteiger partial charge >= 0.3 is 6.09 Å². The molecule has 0 N–H and O–H groups in total. The molecule has 128 valence electrons. The topological polar surface area (TPSA) is 38.8 Å². The number of nitrogens with zero attached hydrogens (tertiary/aromatic N) is 1. The molecule has 1 fully saturated rings. The fourth-order valence-electron chi connectivity index (χ4n) is 2.39. The summed E-state index contributed by atoms with van der Waals surface area (Å²) < 4.78 is 10.9. The third kappa shape index (κ3) is 8.42. The van der Waals surface area contributed by atoms with Gasteiger partial charge in [0, 0.05) is 19.7 Å². The molecule has 0 saturated carbocycles. The van der Waals surface area contributed by atoms with Crippen LogP contribution in [0.4, 0.5) is 4.79 Å². The van der Waals surface area contributed by atoms with Crippen molar-refractivity contribution in [1.29, 1.82) is 0 Å². The van der Waals surface area contributed by atoms with Gasteiger partial charge in [0.2, 0.25) is 0 Å². The Kier molecular flexibility index (Phi) is 8.54. The Bertz CT molecular complexity index is 339. The zero-order chi connectivity index (χ0) is 16.4. The van der Waals surface area contributed by atoms with Crippen LogP contribution in [0.25, 0.3) is 0 Å². The summed E-state index contributed by atoms with van der Waals surface area (Å²) in [6.07, 6.45) is 9.68. The van der Waals surface area contributed by atoms with Gasteiger partial charge in [-0.15, -0.1) is 0 Å². The van der Waals surface area contributed by atoms with E-state index < -0.39 is 5.60 Å². The Hall–Kier alpha value is -1.03. The summed E-state index contributed by atoms with van der Waals surface area (Å²) in [5.74, 6) is 0.578. The van der Waals surface area contributed by atoms with Gasteiger partial charge in [0.25, 0.3) is 0 Å². The molecular formula is C18H33NO3. The van der Waals surface area contributed by atoms with Crippen LogP contribution in [0.2, 0.25) is 0 Å². The van der Waals surface area contributed by atoms with Crippen LogP contribution in [0, 0.1) is 5.92 Å². The highest BCUT2D eigenvalue weighted by atomic mass is 16.6. The van der Waals surface area contributed by atoms with E-state index in [4.69, 9.17) is 9.47 Å². The van der Waals surface area contributed by atoms with Crippen LogP contribution in [0.15, 0.2) is 12.2 Å². The van der Waals surface area contributed by atoms with Crippen molar-refractivity contribution in [3.05, 3.63) is 12.2 Å². The Labute approximate surface area is 135 Å². The van der Waals surface area contributed by atoms with Crippen LogP contribution in [0.3, 0.4) is 0 Å². The van der Waals surface area contributed by atoms with Crippen molar-refractivity contribution in [3.8, 4) is 0 Å². The minimum absolute atomic E-state index is 0.181. The summed E-state index contributed by atoms with van der Waals surface area (Å²) in [6.45, 7) is 11.2. The van der Waals surface area contributed by atoms with E-state index in [2.05, 4.69) is 19.1 Å². The highest BCUT2D eigenvalue weighted by molar-refractivity contribution is 5.68. The Morgan fingerprint density at radius 1 is 1.23 bits per heavy atom. The summed E-state index contributed by atoms with van der Waals surface area (Å²) >= 11 is 0. The molecule has 0 spiro atoms. The van der Waals surface area contributed by atoms with E-state index in [1.807, 2.05) is 25.7 Å². The molecule has 1 saturated heterocycles. The van der Waals surface area contributed by atoms with Gasteiger partial charge in [-0.05, 0) is 52.4 Å². The first-order valence-corrected chi connectivity index (χ1v) is 8.64. The Balaban J connectivity index is 2.15. The first kappa shape index (κ1) is 19.0. The van der Waals surface area contributed by atoms with E-state index in [9.17, 15) is 4.79 Å². The van der Waals surface area contributed by atoms with Gasteiger partial charge in [-0.1, -0.05) is 25.5 Å². The van der Waals surface area contributed by atoms with Crippen molar-refractivity contribution in [2.45, 2.75) is 65.4 Å². The summed E-state index contributed by atoms with van der Waals surface area (Å²) in [4.78, 5) is 13.8. The zero-order valence-corrected chi connectivity index (χ0v) is 14.8. The summed E-state index contributed by atoms with van der Waals surface area (Å²) in [7, 11) is 0. The summed E-state index contributed by atoms with van der Waals surface area (Å²) in [5.41, 5.74) is -0.411. The lowest BCUT2D eigenvalue weighted by atomic mass is 9.96. The average Bonchev–Trinajstić information content (AvgIpc) is 2.45. The largest absolute Gasteiger partial charge is 0.444 e. The maximum atomic E-state index is 12.0. The number of likely N-dealkylation sites (tertiary alicyclic amines) is 1. The Morgan fingerprint density at radius 2 is 1.91 bits per heavy atom. The zero-order valence-electron chi connectivity index (χ0n) is 14.8. The molecule has 1 heterocycles. The van der Waals surface area contributed by atoms with Gasteiger partial charge in [0.15, 0.2) is 0 Å². The molecular weight excluding hydrogens is 278 g/mol. The molecule has 0 atom stereocenters. The molecule has 22 heavy (non-hydrogen) atoms. The summed E-state index contributed by atoms with van der Waals surface area (Å²) in [6, 6.07) is 0. The molecule has 0 bridgehead atoms. The molecule has 0 radical (unpaired) electrons. The van der Waals surface area contributed by atoms with Crippen LogP contribution >= 0.6 is 0 Å². The second-order valence-corrected chi connectivity index (χ2v) is 6.99. The third-order valence-electron chi connectivity index (χ3n) is 3.67. The molecule has 4 heteroatoms. The number of ether oxygens (including phenoxy) is 2. The highest BCUT2D eigenvalue weighted by Crippen LogP contribution is 2.20. The molecule has 0 aliphatic carbocycles. The molecule has 0 aromatic heterocycles. The number of unbranched alkanes of at least 4 members (excludes halogenated alkanes) is 1. The molecule has 0 aromatic carbocycles. The van der Waals surface area contributed by atoms with E-state index in [0.717, 1.165) is 52.0 Å². The molecule has 1 aliphatic heterocycles. The van der Waals surface area contributed by atoms with Crippen molar-refractivity contribution in [3.63, 3.8) is 0 Å². The third-order valence-corrected chi connectivity index (χ3v) is 3.67.